The Morgan fingerprint density at radius 2 is 1.62 bits per heavy atom. The van der Waals surface area contributed by atoms with E-state index >= 15 is 0 Å². The first kappa shape index (κ1) is 30.0. The lowest BCUT2D eigenvalue weighted by Crippen LogP contribution is -2.39. The quantitative estimate of drug-likeness (QED) is 0.141. The molecule has 1 aliphatic carbocycles. The molecule has 0 spiro atoms. The van der Waals surface area contributed by atoms with E-state index in [0.717, 1.165) is 40.6 Å². The molecule has 1 aliphatic rings. The van der Waals surface area contributed by atoms with Gasteiger partial charge in [0, 0.05) is 16.0 Å². The highest BCUT2D eigenvalue weighted by Crippen LogP contribution is 2.41. The third kappa shape index (κ3) is 8.20. The van der Waals surface area contributed by atoms with E-state index in [-0.39, 0.29) is 24.9 Å². The van der Waals surface area contributed by atoms with Crippen LogP contribution in [0.3, 0.4) is 0 Å². The summed E-state index contributed by atoms with van der Waals surface area (Å²) in [6.07, 6.45) is 4.13. The van der Waals surface area contributed by atoms with E-state index in [1.54, 1.807) is 11.3 Å². The van der Waals surface area contributed by atoms with Crippen LogP contribution in [0.5, 0.6) is 0 Å². The number of fused-ring (bicyclic) bond motifs is 1. The van der Waals surface area contributed by atoms with Gasteiger partial charge < -0.3 is 35.4 Å². The molecule has 0 saturated heterocycles. The minimum Gasteiger partial charge on any atom is -0.465 e. The minimum absolute atomic E-state index is 0.00172. The zero-order valence-corrected chi connectivity index (χ0v) is 22.2. The Morgan fingerprint density at radius 1 is 0.973 bits per heavy atom. The van der Waals surface area contributed by atoms with Crippen LogP contribution in [0.2, 0.25) is 0 Å². The molecule has 3 rings (SSSR count). The van der Waals surface area contributed by atoms with Gasteiger partial charge in [-0.3, -0.25) is 4.79 Å². The summed E-state index contributed by atoms with van der Waals surface area (Å²) in [5.74, 6) is -0.469. The molecule has 9 heteroatoms. The van der Waals surface area contributed by atoms with Crippen molar-refractivity contribution in [3.05, 3.63) is 35.2 Å². The molecule has 0 radical (unpaired) electrons. The Morgan fingerprint density at radius 3 is 2.30 bits per heavy atom. The molecule has 1 aromatic heterocycles. The Balaban J connectivity index is 1.36. The average Bonchev–Trinajstić information content (AvgIpc) is 3.46. The highest BCUT2D eigenvalue weighted by Gasteiger charge is 2.41. The molecule has 1 saturated carbocycles. The highest BCUT2D eigenvalue weighted by molar-refractivity contribution is 7.19. The summed E-state index contributed by atoms with van der Waals surface area (Å²) in [5, 5.41) is 60.8. The highest BCUT2D eigenvalue weighted by atomic mass is 32.1. The third-order valence-corrected chi connectivity index (χ3v) is 9.00. The molecule has 2 aromatic rings. The van der Waals surface area contributed by atoms with Crippen molar-refractivity contribution in [3.63, 3.8) is 0 Å². The fourth-order valence-corrected chi connectivity index (χ4v) is 6.32. The molecule has 1 fully saturated rings. The van der Waals surface area contributed by atoms with Crippen molar-refractivity contribution in [1.82, 2.24) is 0 Å². The number of carbonyl (C=O) groups is 1. The summed E-state index contributed by atoms with van der Waals surface area (Å²) >= 11 is 1.59. The molecular formula is C28H42O8S. The van der Waals surface area contributed by atoms with Gasteiger partial charge in [0.2, 0.25) is 0 Å². The fourth-order valence-electron chi connectivity index (χ4n) is 5.24. The van der Waals surface area contributed by atoms with Crippen LogP contribution in [0.15, 0.2) is 30.3 Å². The lowest BCUT2D eigenvalue weighted by atomic mass is 9.84. The number of hydrogen-bond donors (Lipinski definition) is 6. The van der Waals surface area contributed by atoms with Crippen molar-refractivity contribution >= 4 is 27.4 Å². The van der Waals surface area contributed by atoms with Gasteiger partial charge in [0.25, 0.3) is 0 Å². The smallest absolute Gasteiger partial charge is 0.305 e. The number of aliphatic hydroxyl groups excluding tert-OH is 6. The van der Waals surface area contributed by atoms with Crippen molar-refractivity contribution in [1.29, 1.82) is 0 Å². The number of esters is 1. The maximum atomic E-state index is 11.9. The number of hydrogen-bond acceptors (Lipinski definition) is 9. The predicted molar refractivity (Wildman–Crippen MR) is 142 cm³/mol. The van der Waals surface area contributed by atoms with Crippen LogP contribution in [-0.4, -0.2) is 75.2 Å². The minimum atomic E-state index is -1.22. The van der Waals surface area contributed by atoms with E-state index in [4.69, 9.17) is 4.74 Å². The predicted octanol–water partition coefficient (Wildman–Crippen LogP) is 2.92. The zero-order chi connectivity index (χ0) is 26.8. The first-order valence-corrected chi connectivity index (χ1v) is 14.1. The molecule has 0 aliphatic heterocycles. The second-order valence-corrected chi connectivity index (χ2v) is 11.7. The van der Waals surface area contributed by atoms with E-state index in [1.165, 1.54) is 0 Å². The maximum absolute atomic E-state index is 11.9. The van der Waals surface area contributed by atoms with E-state index in [0.29, 0.717) is 25.7 Å². The van der Waals surface area contributed by atoms with E-state index in [2.05, 4.69) is 0 Å². The first-order valence-electron chi connectivity index (χ1n) is 13.3. The molecule has 5 atom stereocenters. The molecule has 0 bridgehead atoms. The van der Waals surface area contributed by atoms with Gasteiger partial charge in [-0.1, -0.05) is 37.5 Å². The van der Waals surface area contributed by atoms with Crippen molar-refractivity contribution in [2.75, 3.05) is 26.4 Å². The molecule has 1 heterocycles. The number of unbranched alkanes of at least 4 members (excludes halogenated alkanes) is 3. The number of ether oxygens (including phenoxy) is 1. The van der Waals surface area contributed by atoms with Gasteiger partial charge in [0.1, 0.15) is 6.61 Å². The fraction of sp³-hybridized carbons (Fsp3) is 0.679. The zero-order valence-electron chi connectivity index (χ0n) is 21.4. The van der Waals surface area contributed by atoms with Crippen LogP contribution in [-0.2, 0) is 9.53 Å². The second-order valence-electron chi connectivity index (χ2n) is 10.6. The van der Waals surface area contributed by atoms with Crippen molar-refractivity contribution in [3.8, 4) is 0 Å². The Labute approximate surface area is 222 Å². The van der Waals surface area contributed by atoms with Crippen LogP contribution in [0.1, 0.15) is 68.8 Å². The second kappa shape index (κ2) is 14.5. The van der Waals surface area contributed by atoms with Gasteiger partial charge in [-0.05, 0) is 61.5 Å². The van der Waals surface area contributed by atoms with Crippen molar-refractivity contribution < 1.29 is 40.2 Å². The number of carbonyl (C=O) groups excluding carboxylic acids is 1. The molecule has 6 N–H and O–H groups in total. The van der Waals surface area contributed by atoms with Crippen molar-refractivity contribution in [2.24, 2.45) is 17.3 Å². The van der Waals surface area contributed by atoms with E-state index < -0.39 is 49.5 Å². The standard InChI is InChI=1S/C28H42O8S/c29-15-28(16-30,17-31)18-36-27(35)10-4-2-1-3-8-20-21(24(34)14-23(20)33)11-12-22(32)26-13-19-7-5-6-9-25(19)37-26/h5-7,9,13,20-24,29-34H,1-4,8,10-12,14-18H2/t20-,21-,22-,23+,24-/m1/s1. The molecule has 208 valence electrons. The van der Waals surface area contributed by atoms with Gasteiger partial charge >= 0.3 is 5.97 Å². The number of aliphatic hydroxyl groups is 6. The van der Waals surface area contributed by atoms with Crippen LogP contribution in [0.25, 0.3) is 10.1 Å². The normalized spacial score (nSPS) is 23.0. The molecule has 0 amide bonds. The molecule has 1 aromatic carbocycles. The lowest BCUT2D eigenvalue weighted by molar-refractivity contribution is -0.151. The molecule has 0 unspecified atom stereocenters. The number of rotatable bonds is 16. The summed E-state index contributed by atoms with van der Waals surface area (Å²) in [6, 6.07) is 10.1. The molecule has 37 heavy (non-hydrogen) atoms. The van der Waals surface area contributed by atoms with Crippen molar-refractivity contribution in [2.45, 2.75) is 76.1 Å². The Kier molecular flexibility index (Phi) is 11.8. The van der Waals surface area contributed by atoms with E-state index in [9.17, 15) is 35.4 Å². The van der Waals surface area contributed by atoms with E-state index in [1.807, 2.05) is 30.3 Å². The van der Waals surface area contributed by atoms with Gasteiger partial charge in [0.05, 0.1) is 43.5 Å². The van der Waals surface area contributed by atoms with Gasteiger partial charge in [-0.15, -0.1) is 11.3 Å². The summed E-state index contributed by atoms with van der Waals surface area (Å²) in [5.41, 5.74) is -1.22. The first-order chi connectivity index (χ1) is 17.8. The SMILES string of the molecule is O=C(CCCCCC[C@@H]1[C@@H](CC[C@@H](O)c2cc3ccccc3s2)[C@H](O)C[C@@H]1O)OCC(CO)(CO)CO. The third-order valence-electron chi connectivity index (χ3n) is 7.78. The van der Waals surface area contributed by atoms with Gasteiger partial charge in [-0.2, -0.15) is 0 Å². The topological polar surface area (TPSA) is 148 Å². The number of thiophene rings is 1. The molecular weight excluding hydrogens is 496 g/mol. The Bertz CT molecular complexity index is 917. The van der Waals surface area contributed by atoms with Crippen LogP contribution >= 0.6 is 11.3 Å². The van der Waals surface area contributed by atoms with Crippen LogP contribution < -0.4 is 0 Å². The summed E-state index contributed by atoms with van der Waals surface area (Å²) in [7, 11) is 0. The van der Waals surface area contributed by atoms with Crippen LogP contribution in [0, 0.1) is 17.3 Å². The summed E-state index contributed by atoms with van der Waals surface area (Å²) < 4.78 is 6.25. The maximum Gasteiger partial charge on any atom is 0.305 e. The van der Waals surface area contributed by atoms with Gasteiger partial charge in [0.15, 0.2) is 0 Å². The Hall–Kier alpha value is -1.59. The largest absolute Gasteiger partial charge is 0.465 e. The monoisotopic (exact) mass is 538 g/mol. The number of benzene rings is 1. The lowest BCUT2D eigenvalue weighted by Gasteiger charge is -2.26. The summed E-state index contributed by atoms with van der Waals surface area (Å²) in [6.45, 7) is -1.64. The average molecular weight is 539 g/mol. The van der Waals surface area contributed by atoms with Gasteiger partial charge in [-0.25, -0.2) is 0 Å². The molecule has 8 nitrogen and oxygen atoms in total. The summed E-state index contributed by atoms with van der Waals surface area (Å²) in [4.78, 5) is 12.9. The van der Waals surface area contributed by atoms with Crippen LogP contribution in [0.4, 0.5) is 0 Å².